The summed E-state index contributed by atoms with van der Waals surface area (Å²) in [7, 11) is -2.50. The van der Waals surface area contributed by atoms with E-state index < -0.39 is 34.1 Å². The van der Waals surface area contributed by atoms with Gasteiger partial charge in [-0.1, -0.05) is 30.3 Å². The highest BCUT2D eigenvalue weighted by molar-refractivity contribution is 7.92. The molecule has 0 aliphatic carbocycles. The van der Waals surface area contributed by atoms with Crippen LogP contribution in [0.25, 0.3) is 0 Å². The highest BCUT2D eigenvalue weighted by Gasteiger charge is 2.56. The molecular weight excluding hydrogens is 512 g/mol. The zero-order chi connectivity index (χ0) is 26.9. The van der Waals surface area contributed by atoms with Gasteiger partial charge in [0.15, 0.2) is 17.6 Å². The summed E-state index contributed by atoms with van der Waals surface area (Å²) in [5, 5.41) is 0. The first kappa shape index (κ1) is 26.0. The number of hydrogen-bond acceptors (Lipinski definition) is 9. The van der Waals surface area contributed by atoms with Crippen LogP contribution in [0, 0.1) is 0 Å². The number of hydrogen-bond donors (Lipinski definition) is 1. The molecule has 3 atom stereocenters. The van der Waals surface area contributed by atoms with E-state index in [-0.39, 0.29) is 23.4 Å². The van der Waals surface area contributed by atoms with Crippen LogP contribution in [0.15, 0.2) is 71.9 Å². The first-order valence-electron chi connectivity index (χ1n) is 12.0. The average Bonchev–Trinajstić information content (AvgIpc) is 3.27. The zero-order valence-corrected chi connectivity index (χ0v) is 21.9. The molecule has 1 amide bonds. The smallest absolute Gasteiger partial charge is 0.264 e. The van der Waals surface area contributed by atoms with Gasteiger partial charge >= 0.3 is 0 Å². The van der Waals surface area contributed by atoms with Crippen LogP contribution >= 0.6 is 0 Å². The highest BCUT2D eigenvalue weighted by atomic mass is 32.2. The molecule has 0 saturated carbocycles. The average molecular weight is 541 g/mol. The van der Waals surface area contributed by atoms with Crippen molar-refractivity contribution in [1.82, 2.24) is 9.97 Å². The number of rotatable bonds is 9. The van der Waals surface area contributed by atoms with E-state index in [0.29, 0.717) is 18.0 Å². The molecule has 3 heterocycles. The minimum Gasteiger partial charge on any atom is -0.494 e. The summed E-state index contributed by atoms with van der Waals surface area (Å²) < 4.78 is 50.9. The van der Waals surface area contributed by atoms with Crippen molar-refractivity contribution >= 4 is 27.6 Å². The molecule has 2 fully saturated rings. The zero-order valence-electron chi connectivity index (χ0n) is 21.1. The Kier molecular flexibility index (Phi) is 7.05. The number of carbonyl (C=O) groups excluding carboxylic acids is 1. The number of sulfonamides is 1. The summed E-state index contributed by atoms with van der Waals surface area (Å²) in [6.07, 6.45) is 1.57. The Morgan fingerprint density at radius 2 is 1.76 bits per heavy atom. The van der Waals surface area contributed by atoms with E-state index in [4.69, 9.17) is 18.9 Å². The fraction of sp³-hybridized carbons (Fsp3) is 0.346. The van der Waals surface area contributed by atoms with Crippen LogP contribution in [-0.4, -0.2) is 62.0 Å². The van der Waals surface area contributed by atoms with Crippen LogP contribution in [0.4, 0.5) is 11.6 Å². The van der Waals surface area contributed by atoms with Crippen molar-refractivity contribution in [2.45, 2.75) is 49.4 Å². The Morgan fingerprint density at radius 3 is 2.37 bits per heavy atom. The lowest BCUT2D eigenvalue weighted by Gasteiger charge is -2.48. The molecule has 11 nitrogen and oxygen atoms in total. The highest BCUT2D eigenvalue weighted by Crippen LogP contribution is 2.38. The summed E-state index contributed by atoms with van der Waals surface area (Å²) in [4.78, 5) is 22.7. The topological polar surface area (TPSA) is 129 Å². The number of aromatic nitrogens is 2. The normalized spacial score (nSPS) is 22.7. The van der Waals surface area contributed by atoms with Crippen molar-refractivity contribution in [3.63, 3.8) is 0 Å². The molecule has 3 aromatic rings. The van der Waals surface area contributed by atoms with Gasteiger partial charge in [0.25, 0.3) is 15.9 Å². The van der Waals surface area contributed by atoms with E-state index in [2.05, 4.69) is 14.7 Å². The third-order valence-corrected chi connectivity index (χ3v) is 7.63. The fourth-order valence-corrected chi connectivity index (χ4v) is 5.36. The molecule has 2 aliphatic rings. The molecule has 0 spiro atoms. The number of amides is 1. The molecule has 0 bridgehead atoms. The molecule has 200 valence electrons. The lowest BCUT2D eigenvalue weighted by molar-refractivity contribution is -0.164. The largest absolute Gasteiger partial charge is 0.494 e. The summed E-state index contributed by atoms with van der Waals surface area (Å²) in [6, 6.07) is 15.1. The number of β-lactam (4-membered cyclic amide) rings is 1. The third-order valence-electron chi connectivity index (χ3n) is 6.29. The molecule has 5 rings (SSSR count). The van der Waals surface area contributed by atoms with E-state index in [1.54, 1.807) is 17.0 Å². The monoisotopic (exact) mass is 540 g/mol. The molecular formula is C26H28N4O7S. The van der Waals surface area contributed by atoms with Crippen LogP contribution in [0.5, 0.6) is 5.75 Å². The molecule has 12 heteroatoms. The molecule has 0 unspecified atom stereocenters. The number of methoxy groups -OCH3 is 1. The van der Waals surface area contributed by atoms with Crippen molar-refractivity contribution < 1.29 is 32.2 Å². The molecule has 2 aromatic carbocycles. The van der Waals surface area contributed by atoms with Gasteiger partial charge in [0.1, 0.15) is 12.1 Å². The number of benzene rings is 2. The molecule has 38 heavy (non-hydrogen) atoms. The molecule has 1 N–H and O–H groups in total. The Labute approximate surface area is 220 Å². The van der Waals surface area contributed by atoms with Crippen molar-refractivity contribution in [3.05, 3.63) is 72.6 Å². The standard InChI is InChI=1S/C26H28N4O7S/c1-26(2)36-16-21(37-26)22-23(35-15-17-7-5-4-6-8-17)24(31)30(22)18-9-11-20(12-10-18)38(32,33)29-25-27-13-19(34-3)14-28-25/h4-14,21-23H,15-16H2,1-3H3,(H,27,28,29)/t21-,22+,23-/m0/s1. The maximum absolute atomic E-state index is 13.2. The fourth-order valence-electron chi connectivity index (χ4n) is 4.40. The Hall–Kier alpha value is -3.58. The maximum atomic E-state index is 13.2. The number of nitrogens with one attached hydrogen (secondary N) is 1. The molecule has 2 saturated heterocycles. The summed E-state index contributed by atoms with van der Waals surface area (Å²) in [5.41, 5.74) is 1.47. The van der Waals surface area contributed by atoms with Gasteiger partial charge in [-0.2, -0.15) is 0 Å². The number of nitrogens with zero attached hydrogens (tertiary/aromatic N) is 3. The predicted octanol–water partition coefficient (Wildman–Crippen LogP) is 2.74. The Morgan fingerprint density at radius 1 is 1.08 bits per heavy atom. The SMILES string of the molecule is COc1cnc(NS(=O)(=O)c2ccc(N3C(=O)[C@@H](OCc4ccccc4)[C@H]3[C@@H]3COC(C)(C)O3)cc2)nc1. The van der Waals surface area contributed by atoms with Gasteiger partial charge in [0, 0.05) is 5.69 Å². The van der Waals surface area contributed by atoms with E-state index >= 15 is 0 Å². The van der Waals surface area contributed by atoms with Crippen LogP contribution < -0.4 is 14.4 Å². The van der Waals surface area contributed by atoms with Gasteiger partial charge < -0.3 is 23.8 Å². The van der Waals surface area contributed by atoms with Crippen LogP contribution in [0.1, 0.15) is 19.4 Å². The molecule has 2 aliphatic heterocycles. The molecule has 1 aromatic heterocycles. The first-order chi connectivity index (χ1) is 18.2. The number of carbonyl (C=O) groups is 1. The van der Waals surface area contributed by atoms with Crippen molar-refractivity contribution in [1.29, 1.82) is 0 Å². The van der Waals surface area contributed by atoms with E-state index in [1.165, 1.54) is 31.6 Å². The summed E-state index contributed by atoms with van der Waals surface area (Å²) >= 11 is 0. The van der Waals surface area contributed by atoms with E-state index in [9.17, 15) is 13.2 Å². The van der Waals surface area contributed by atoms with Gasteiger partial charge in [-0.25, -0.2) is 23.1 Å². The second-order valence-electron chi connectivity index (χ2n) is 9.33. The van der Waals surface area contributed by atoms with Crippen molar-refractivity contribution in [2.75, 3.05) is 23.3 Å². The number of anilines is 2. The van der Waals surface area contributed by atoms with Crippen LogP contribution in [0.2, 0.25) is 0 Å². The number of ether oxygens (including phenoxy) is 4. The van der Waals surface area contributed by atoms with Gasteiger partial charge in [-0.15, -0.1) is 0 Å². The Bertz CT molecular complexity index is 1380. The summed E-state index contributed by atoms with van der Waals surface area (Å²) in [6.45, 7) is 4.20. The minimum atomic E-state index is -3.96. The predicted molar refractivity (Wildman–Crippen MR) is 137 cm³/mol. The van der Waals surface area contributed by atoms with Gasteiger partial charge in [-0.05, 0) is 43.7 Å². The quantitative estimate of drug-likeness (QED) is 0.407. The Balaban J connectivity index is 1.33. The second kappa shape index (κ2) is 10.3. The lowest BCUT2D eigenvalue weighted by atomic mass is 9.91. The van der Waals surface area contributed by atoms with Gasteiger partial charge in [0.2, 0.25) is 5.95 Å². The lowest BCUT2D eigenvalue weighted by Crippen LogP contribution is -2.70. The van der Waals surface area contributed by atoms with Crippen molar-refractivity contribution in [2.24, 2.45) is 0 Å². The minimum absolute atomic E-state index is 0.0105. The van der Waals surface area contributed by atoms with Gasteiger partial charge in [0.05, 0.1) is 37.6 Å². The van der Waals surface area contributed by atoms with Crippen molar-refractivity contribution in [3.8, 4) is 5.75 Å². The van der Waals surface area contributed by atoms with Crippen LogP contribution in [0.3, 0.4) is 0 Å². The maximum Gasteiger partial charge on any atom is 0.264 e. The third kappa shape index (κ3) is 5.34. The summed E-state index contributed by atoms with van der Waals surface area (Å²) in [5.74, 6) is -0.712. The second-order valence-corrected chi connectivity index (χ2v) is 11.0. The van der Waals surface area contributed by atoms with E-state index in [0.717, 1.165) is 5.56 Å². The van der Waals surface area contributed by atoms with E-state index in [1.807, 2.05) is 44.2 Å². The van der Waals surface area contributed by atoms with Gasteiger partial charge in [-0.3, -0.25) is 4.79 Å². The molecule has 0 radical (unpaired) electrons. The van der Waals surface area contributed by atoms with Crippen LogP contribution in [-0.2, 0) is 35.6 Å². The first-order valence-corrected chi connectivity index (χ1v) is 13.4.